The van der Waals surface area contributed by atoms with Gasteiger partial charge in [-0.15, -0.1) is 0 Å². The number of urea groups is 1. The third-order valence-corrected chi connectivity index (χ3v) is 5.53. The van der Waals surface area contributed by atoms with Crippen molar-refractivity contribution in [3.63, 3.8) is 0 Å². The number of fused-ring (bicyclic) bond motifs is 1. The zero-order valence-corrected chi connectivity index (χ0v) is 17.3. The van der Waals surface area contributed by atoms with Crippen molar-refractivity contribution in [1.29, 1.82) is 0 Å². The molecule has 0 unspecified atom stereocenters. The zero-order chi connectivity index (χ0) is 20.6. The Morgan fingerprint density at radius 1 is 1.03 bits per heavy atom. The Kier molecular flexibility index (Phi) is 6.95. The SMILES string of the molecule is O=C(NCCCCOc1ccccc1)N1CCC[C@H]1c1ccc2c(c1)OCCCO2. The molecule has 1 saturated heterocycles. The molecule has 1 fully saturated rings. The first kappa shape index (κ1) is 20.4. The number of benzene rings is 2. The molecule has 2 heterocycles. The third kappa shape index (κ3) is 5.17. The predicted octanol–water partition coefficient (Wildman–Crippen LogP) is 4.55. The molecule has 0 bridgehead atoms. The summed E-state index contributed by atoms with van der Waals surface area (Å²) in [6.45, 7) is 3.44. The highest BCUT2D eigenvalue weighted by Crippen LogP contribution is 2.37. The van der Waals surface area contributed by atoms with Gasteiger partial charge in [-0.25, -0.2) is 4.79 Å². The first-order chi connectivity index (χ1) is 14.8. The number of carbonyl (C=O) groups is 1. The topological polar surface area (TPSA) is 60.0 Å². The van der Waals surface area contributed by atoms with Gasteiger partial charge in [0.2, 0.25) is 0 Å². The van der Waals surface area contributed by atoms with Gasteiger partial charge in [0.1, 0.15) is 5.75 Å². The monoisotopic (exact) mass is 410 g/mol. The van der Waals surface area contributed by atoms with Crippen LogP contribution in [0.1, 0.15) is 43.7 Å². The third-order valence-electron chi connectivity index (χ3n) is 5.53. The van der Waals surface area contributed by atoms with Gasteiger partial charge in [0, 0.05) is 19.5 Å². The van der Waals surface area contributed by atoms with Gasteiger partial charge >= 0.3 is 6.03 Å². The van der Waals surface area contributed by atoms with Crippen molar-refractivity contribution in [2.24, 2.45) is 0 Å². The number of unbranched alkanes of at least 4 members (excludes halogenated alkanes) is 1. The molecule has 2 amide bonds. The number of nitrogens with zero attached hydrogens (tertiary/aromatic N) is 1. The van der Waals surface area contributed by atoms with Gasteiger partial charge in [0.15, 0.2) is 11.5 Å². The molecule has 0 saturated carbocycles. The van der Waals surface area contributed by atoms with Crippen LogP contribution >= 0.6 is 0 Å². The van der Waals surface area contributed by atoms with Crippen LogP contribution in [-0.4, -0.2) is 43.8 Å². The Hall–Kier alpha value is -2.89. The first-order valence-corrected chi connectivity index (χ1v) is 10.9. The molecule has 1 N–H and O–H groups in total. The zero-order valence-electron chi connectivity index (χ0n) is 17.3. The molecule has 6 heteroatoms. The summed E-state index contributed by atoms with van der Waals surface area (Å²) in [7, 11) is 0. The van der Waals surface area contributed by atoms with Crippen LogP contribution in [0.4, 0.5) is 4.79 Å². The van der Waals surface area contributed by atoms with E-state index in [9.17, 15) is 4.79 Å². The standard InChI is InChI=1S/C24H30N2O4/c27-24(25-13-4-5-15-28-20-8-2-1-3-9-20)26-14-6-10-21(26)19-11-12-22-23(18-19)30-17-7-16-29-22/h1-3,8-9,11-12,18,21H,4-7,10,13-17H2,(H,25,27)/t21-/m0/s1. The lowest BCUT2D eigenvalue weighted by atomic mass is 10.0. The van der Waals surface area contributed by atoms with Crippen molar-refractivity contribution in [2.75, 3.05) is 32.9 Å². The maximum Gasteiger partial charge on any atom is 0.317 e. The fourth-order valence-electron chi connectivity index (χ4n) is 3.97. The van der Waals surface area contributed by atoms with Gasteiger partial charge < -0.3 is 24.4 Å². The molecule has 2 aliphatic rings. The molecular formula is C24H30N2O4. The van der Waals surface area contributed by atoms with Crippen molar-refractivity contribution in [2.45, 2.75) is 38.1 Å². The number of hydrogen-bond donors (Lipinski definition) is 1. The Morgan fingerprint density at radius 3 is 2.73 bits per heavy atom. The molecule has 6 nitrogen and oxygen atoms in total. The highest BCUT2D eigenvalue weighted by atomic mass is 16.5. The number of nitrogens with one attached hydrogen (secondary N) is 1. The van der Waals surface area contributed by atoms with E-state index in [2.05, 4.69) is 11.4 Å². The second-order valence-electron chi connectivity index (χ2n) is 7.71. The molecule has 2 aromatic rings. The van der Waals surface area contributed by atoms with Crippen LogP contribution in [0, 0.1) is 0 Å². The highest BCUT2D eigenvalue weighted by Gasteiger charge is 2.30. The van der Waals surface area contributed by atoms with Crippen molar-refractivity contribution in [3.8, 4) is 17.2 Å². The maximum atomic E-state index is 12.8. The molecule has 0 spiro atoms. The Bertz CT molecular complexity index is 827. The average molecular weight is 411 g/mol. The number of carbonyl (C=O) groups excluding carboxylic acids is 1. The van der Waals surface area contributed by atoms with Crippen LogP contribution < -0.4 is 19.5 Å². The lowest BCUT2D eigenvalue weighted by molar-refractivity contribution is 0.192. The number of ether oxygens (including phenoxy) is 3. The molecule has 1 atom stereocenters. The molecule has 0 radical (unpaired) electrons. The molecule has 160 valence electrons. The van der Waals surface area contributed by atoms with Gasteiger partial charge in [-0.1, -0.05) is 24.3 Å². The summed E-state index contributed by atoms with van der Waals surface area (Å²) < 4.78 is 17.2. The van der Waals surface area contributed by atoms with E-state index in [1.807, 2.05) is 47.4 Å². The molecular weight excluding hydrogens is 380 g/mol. The van der Waals surface area contributed by atoms with Gasteiger partial charge in [0.25, 0.3) is 0 Å². The summed E-state index contributed by atoms with van der Waals surface area (Å²) in [5.74, 6) is 2.47. The second kappa shape index (κ2) is 10.2. The Balaban J connectivity index is 1.24. The summed E-state index contributed by atoms with van der Waals surface area (Å²) in [5.41, 5.74) is 1.11. The van der Waals surface area contributed by atoms with Gasteiger partial charge in [0.05, 0.1) is 25.9 Å². The van der Waals surface area contributed by atoms with Crippen LogP contribution in [0.5, 0.6) is 17.2 Å². The lowest BCUT2D eigenvalue weighted by Crippen LogP contribution is -2.39. The van der Waals surface area contributed by atoms with Crippen LogP contribution in [0.25, 0.3) is 0 Å². The molecule has 0 aromatic heterocycles. The molecule has 0 aliphatic carbocycles. The second-order valence-corrected chi connectivity index (χ2v) is 7.71. The Morgan fingerprint density at radius 2 is 1.87 bits per heavy atom. The van der Waals surface area contributed by atoms with Gasteiger partial charge in [-0.2, -0.15) is 0 Å². The van der Waals surface area contributed by atoms with Gasteiger partial charge in [-0.05, 0) is 55.5 Å². The Labute approximate surface area is 178 Å². The average Bonchev–Trinajstić information content (AvgIpc) is 3.15. The van der Waals surface area contributed by atoms with Crippen molar-refractivity contribution < 1.29 is 19.0 Å². The fraction of sp³-hybridized carbons (Fsp3) is 0.458. The van der Waals surface area contributed by atoms with Crippen molar-refractivity contribution in [3.05, 3.63) is 54.1 Å². The smallest absolute Gasteiger partial charge is 0.317 e. The number of likely N-dealkylation sites (tertiary alicyclic amines) is 1. The quantitative estimate of drug-likeness (QED) is 0.680. The fourth-order valence-corrected chi connectivity index (χ4v) is 3.97. The minimum absolute atomic E-state index is 0.00795. The van der Waals surface area contributed by atoms with E-state index in [0.29, 0.717) is 26.4 Å². The van der Waals surface area contributed by atoms with Gasteiger partial charge in [-0.3, -0.25) is 0 Å². The van der Waals surface area contributed by atoms with E-state index in [1.165, 1.54) is 0 Å². The van der Waals surface area contributed by atoms with Crippen LogP contribution in [-0.2, 0) is 0 Å². The van der Waals surface area contributed by atoms with Crippen LogP contribution in [0.3, 0.4) is 0 Å². The summed E-state index contributed by atoms with van der Waals surface area (Å²) >= 11 is 0. The summed E-state index contributed by atoms with van der Waals surface area (Å²) in [4.78, 5) is 14.7. The lowest BCUT2D eigenvalue weighted by Gasteiger charge is -2.26. The molecule has 4 rings (SSSR count). The van der Waals surface area contributed by atoms with E-state index < -0.39 is 0 Å². The van der Waals surface area contributed by atoms with E-state index >= 15 is 0 Å². The maximum absolute atomic E-state index is 12.8. The van der Waals surface area contributed by atoms with E-state index in [0.717, 1.165) is 61.5 Å². The normalized spacial score (nSPS) is 18.0. The molecule has 2 aliphatic heterocycles. The van der Waals surface area contributed by atoms with Crippen LogP contribution in [0.15, 0.2) is 48.5 Å². The summed E-state index contributed by atoms with van der Waals surface area (Å²) in [5, 5.41) is 3.07. The van der Waals surface area contributed by atoms with E-state index in [-0.39, 0.29) is 12.1 Å². The molecule has 30 heavy (non-hydrogen) atoms. The predicted molar refractivity (Wildman–Crippen MR) is 115 cm³/mol. The summed E-state index contributed by atoms with van der Waals surface area (Å²) in [6, 6.07) is 16.0. The van der Waals surface area contributed by atoms with Crippen molar-refractivity contribution >= 4 is 6.03 Å². The first-order valence-electron chi connectivity index (χ1n) is 10.9. The summed E-state index contributed by atoms with van der Waals surface area (Å²) in [6.07, 6.45) is 4.66. The highest BCUT2D eigenvalue weighted by molar-refractivity contribution is 5.75. The largest absolute Gasteiger partial charge is 0.494 e. The van der Waals surface area contributed by atoms with Crippen molar-refractivity contribution in [1.82, 2.24) is 10.2 Å². The number of amides is 2. The number of hydrogen-bond acceptors (Lipinski definition) is 4. The van der Waals surface area contributed by atoms with E-state index in [4.69, 9.17) is 14.2 Å². The number of para-hydroxylation sites is 1. The molecule has 2 aromatic carbocycles. The minimum Gasteiger partial charge on any atom is -0.494 e. The van der Waals surface area contributed by atoms with E-state index in [1.54, 1.807) is 0 Å². The van der Waals surface area contributed by atoms with Crippen LogP contribution in [0.2, 0.25) is 0 Å². The number of rotatable bonds is 7. The minimum atomic E-state index is 0.00795.